The van der Waals surface area contributed by atoms with E-state index in [1.165, 1.54) is 6.42 Å². The number of fused-ring (bicyclic) bond motifs is 2. The van der Waals surface area contributed by atoms with Crippen molar-refractivity contribution in [2.45, 2.75) is 76.1 Å². The maximum atomic E-state index is 14.5. The molecule has 304 valence electrons. The molecule has 2 atom stereocenters. The molecule has 0 unspecified atom stereocenters. The SMILES string of the molecule is CCCCc1nc2ccc([C@@]3(C)C[C@H]4CCCN4O3)cc2c(=O)n1Cc1ccc(-c2ccccc2-c2nnnn2C(c2ccccc2)(c2ccccc2)c2ccccc2)cc1. The molecule has 0 amide bonds. The number of nitrogens with zero attached hydrogens (tertiary/aromatic N) is 7. The Labute approximate surface area is 356 Å². The van der Waals surface area contributed by atoms with Gasteiger partial charge in [-0.1, -0.05) is 159 Å². The van der Waals surface area contributed by atoms with Gasteiger partial charge in [-0.15, -0.1) is 5.10 Å². The van der Waals surface area contributed by atoms with Crippen molar-refractivity contribution in [2.75, 3.05) is 6.54 Å². The van der Waals surface area contributed by atoms with Crippen LogP contribution in [-0.4, -0.2) is 47.4 Å². The third-order valence-electron chi connectivity index (χ3n) is 12.8. The van der Waals surface area contributed by atoms with Crippen LogP contribution in [0.25, 0.3) is 33.4 Å². The van der Waals surface area contributed by atoms with Crippen molar-refractivity contribution in [3.63, 3.8) is 0 Å². The van der Waals surface area contributed by atoms with Crippen LogP contribution in [0, 0.1) is 0 Å². The van der Waals surface area contributed by atoms with E-state index in [-0.39, 0.29) is 5.56 Å². The Hall–Kier alpha value is -6.55. The van der Waals surface area contributed by atoms with Crippen LogP contribution in [-0.2, 0) is 28.9 Å². The Morgan fingerprint density at radius 1 is 0.770 bits per heavy atom. The third-order valence-corrected chi connectivity index (χ3v) is 12.8. The van der Waals surface area contributed by atoms with Crippen LogP contribution in [0.4, 0.5) is 0 Å². The first kappa shape index (κ1) is 38.6. The summed E-state index contributed by atoms with van der Waals surface area (Å²) in [6.07, 6.45) is 5.94. The van der Waals surface area contributed by atoms with Gasteiger partial charge in [0, 0.05) is 31.0 Å². The lowest BCUT2D eigenvalue weighted by Gasteiger charge is -2.36. The molecule has 61 heavy (non-hydrogen) atoms. The topological polar surface area (TPSA) is 91.0 Å². The zero-order valence-corrected chi connectivity index (χ0v) is 34.7. The van der Waals surface area contributed by atoms with E-state index in [9.17, 15) is 4.79 Å². The number of aromatic nitrogens is 6. The van der Waals surface area contributed by atoms with Gasteiger partial charge in [-0.2, -0.15) is 5.06 Å². The molecule has 0 saturated carbocycles. The van der Waals surface area contributed by atoms with Gasteiger partial charge in [0.25, 0.3) is 5.56 Å². The van der Waals surface area contributed by atoms with Gasteiger partial charge in [-0.3, -0.25) is 14.2 Å². The lowest BCUT2D eigenvalue weighted by molar-refractivity contribution is -0.192. The van der Waals surface area contributed by atoms with Gasteiger partial charge in [-0.25, -0.2) is 9.67 Å². The summed E-state index contributed by atoms with van der Waals surface area (Å²) in [5.41, 5.74) is 7.47. The van der Waals surface area contributed by atoms with Crippen molar-refractivity contribution in [1.82, 2.24) is 34.8 Å². The average molecular weight is 804 g/mol. The molecule has 8 aromatic rings. The summed E-state index contributed by atoms with van der Waals surface area (Å²) >= 11 is 0. The minimum absolute atomic E-state index is 0.0139. The number of hydroxylamine groups is 2. The summed E-state index contributed by atoms with van der Waals surface area (Å²) < 4.78 is 3.86. The first-order chi connectivity index (χ1) is 30.0. The molecule has 9 heteroatoms. The smallest absolute Gasteiger partial charge is 0.261 e. The number of benzene rings is 6. The van der Waals surface area contributed by atoms with Gasteiger partial charge in [0.05, 0.1) is 17.4 Å². The van der Waals surface area contributed by atoms with Crippen LogP contribution in [0.5, 0.6) is 0 Å². The van der Waals surface area contributed by atoms with Gasteiger partial charge in [-0.05, 0) is 87.7 Å². The minimum Gasteiger partial charge on any atom is -0.292 e. The number of unbranched alkanes of at least 4 members (excludes halogenated alkanes) is 1. The molecular formula is C52H49N7O2. The molecule has 9 nitrogen and oxygen atoms in total. The number of tetrazole rings is 1. The lowest BCUT2D eigenvalue weighted by atomic mass is 9.77. The molecular weight excluding hydrogens is 755 g/mol. The van der Waals surface area contributed by atoms with Crippen LogP contribution in [0.2, 0.25) is 0 Å². The Bertz CT molecular complexity index is 2750. The lowest BCUT2D eigenvalue weighted by Crippen LogP contribution is -2.39. The molecule has 0 spiro atoms. The molecule has 0 aliphatic carbocycles. The van der Waals surface area contributed by atoms with Gasteiger partial charge >= 0.3 is 0 Å². The second-order valence-electron chi connectivity index (χ2n) is 16.7. The normalized spacial score (nSPS) is 17.8. The minimum atomic E-state index is -0.879. The largest absolute Gasteiger partial charge is 0.292 e. The number of rotatable bonds is 12. The summed E-state index contributed by atoms with van der Waals surface area (Å²) in [5, 5.41) is 16.7. The summed E-state index contributed by atoms with van der Waals surface area (Å²) in [7, 11) is 0. The summed E-state index contributed by atoms with van der Waals surface area (Å²) in [5.74, 6) is 1.46. The molecule has 2 saturated heterocycles. The Balaban J connectivity index is 1.03. The van der Waals surface area contributed by atoms with E-state index in [4.69, 9.17) is 20.1 Å². The number of hydrogen-bond donors (Lipinski definition) is 0. The fourth-order valence-electron chi connectivity index (χ4n) is 9.72. The molecule has 0 radical (unpaired) electrons. The highest BCUT2D eigenvalue weighted by Gasteiger charge is 2.46. The van der Waals surface area contributed by atoms with Crippen molar-refractivity contribution < 1.29 is 4.84 Å². The van der Waals surface area contributed by atoms with Crippen LogP contribution < -0.4 is 5.56 Å². The van der Waals surface area contributed by atoms with E-state index in [1.54, 1.807) is 0 Å². The highest BCUT2D eigenvalue weighted by Crippen LogP contribution is 2.45. The maximum Gasteiger partial charge on any atom is 0.261 e. The molecule has 0 N–H and O–H groups in total. The molecule has 2 aliphatic rings. The molecule has 10 rings (SSSR count). The van der Waals surface area contributed by atoms with Crippen molar-refractivity contribution >= 4 is 10.9 Å². The van der Waals surface area contributed by atoms with Crippen molar-refractivity contribution in [3.8, 4) is 22.5 Å². The van der Waals surface area contributed by atoms with Crippen molar-refractivity contribution in [2.24, 2.45) is 0 Å². The van der Waals surface area contributed by atoms with E-state index < -0.39 is 11.1 Å². The van der Waals surface area contributed by atoms with E-state index in [0.29, 0.717) is 23.8 Å². The summed E-state index contributed by atoms with van der Waals surface area (Å²) in [4.78, 5) is 26.1. The predicted molar refractivity (Wildman–Crippen MR) is 240 cm³/mol. The van der Waals surface area contributed by atoms with Crippen LogP contribution in [0.15, 0.2) is 163 Å². The molecule has 6 aromatic carbocycles. The Kier molecular flexibility index (Phi) is 10.2. The monoisotopic (exact) mass is 803 g/mol. The quantitative estimate of drug-likeness (QED) is 0.114. The third kappa shape index (κ3) is 6.88. The van der Waals surface area contributed by atoms with Crippen molar-refractivity contribution in [3.05, 3.63) is 202 Å². The van der Waals surface area contributed by atoms with E-state index in [2.05, 4.69) is 145 Å². The van der Waals surface area contributed by atoms with E-state index in [1.807, 2.05) is 45.6 Å². The van der Waals surface area contributed by atoms with Crippen molar-refractivity contribution in [1.29, 1.82) is 0 Å². The zero-order chi connectivity index (χ0) is 41.4. The second-order valence-corrected chi connectivity index (χ2v) is 16.7. The Morgan fingerprint density at radius 3 is 2.05 bits per heavy atom. The summed E-state index contributed by atoms with van der Waals surface area (Å²) in [6, 6.07) is 54.7. The highest BCUT2D eigenvalue weighted by molar-refractivity contribution is 5.81. The van der Waals surface area contributed by atoms with Crippen LogP contribution in [0.1, 0.15) is 79.6 Å². The first-order valence-electron chi connectivity index (χ1n) is 21.6. The summed E-state index contributed by atoms with van der Waals surface area (Å²) in [6.45, 7) is 5.70. The van der Waals surface area contributed by atoms with Gasteiger partial charge in [0.2, 0.25) is 0 Å². The molecule has 4 heterocycles. The van der Waals surface area contributed by atoms with Crippen LogP contribution >= 0.6 is 0 Å². The molecule has 2 aliphatic heterocycles. The fourth-order valence-corrected chi connectivity index (χ4v) is 9.72. The van der Waals surface area contributed by atoms with Crippen LogP contribution in [0.3, 0.4) is 0 Å². The van der Waals surface area contributed by atoms with Gasteiger partial charge < -0.3 is 0 Å². The average Bonchev–Trinajstić information content (AvgIpc) is 4.05. The zero-order valence-electron chi connectivity index (χ0n) is 34.7. The standard InChI is InChI=1S/C52H49N7O2/c1-3-4-26-48-53-47-32-31-42(51(2)35-43-23-16-33-58(43)61-51)34-46(47)50(60)57(48)36-37-27-29-38(30-28-37)44-24-14-15-25-45(44)49-54-55-56-59(49)52(39-17-8-5-9-18-39,40-19-10-6-11-20-40)41-21-12-7-13-22-41/h5-15,17-22,24-25,27-32,34,43H,3-4,16,23,26,33,35-36H2,1-2H3/t43-,51-/m1/s1. The van der Waals surface area contributed by atoms with Gasteiger partial charge in [0.1, 0.15) is 17.0 Å². The molecule has 0 bridgehead atoms. The fraction of sp³-hybridized carbons (Fsp3) is 0.250. The van der Waals surface area contributed by atoms with E-state index >= 15 is 0 Å². The maximum absolute atomic E-state index is 14.5. The second kappa shape index (κ2) is 16.1. The molecule has 2 aromatic heterocycles. The first-order valence-corrected chi connectivity index (χ1v) is 21.6. The van der Waals surface area contributed by atoms with E-state index in [0.717, 1.165) is 94.5 Å². The van der Waals surface area contributed by atoms with Gasteiger partial charge in [0.15, 0.2) is 5.82 Å². The number of hydrogen-bond acceptors (Lipinski definition) is 7. The molecule has 2 fully saturated rings. The predicted octanol–water partition coefficient (Wildman–Crippen LogP) is 9.96. The highest BCUT2D eigenvalue weighted by atomic mass is 16.7. The number of aryl methyl sites for hydroxylation is 1. The Morgan fingerprint density at radius 2 is 1.41 bits per heavy atom.